The van der Waals surface area contributed by atoms with Crippen LogP contribution in [0.25, 0.3) is 0 Å². The van der Waals surface area contributed by atoms with Gasteiger partial charge in [0.25, 0.3) is 0 Å². The first-order valence-corrected chi connectivity index (χ1v) is 8.30. The van der Waals surface area contributed by atoms with E-state index in [1.165, 1.54) is 23.5 Å². The number of phenols is 2. The first kappa shape index (κ1) is 12.9. The van der Waals surface area contributed by atoms with Crippen molar-refractivity contribution >= 4 is 23.5 Å². The molecule has 2 aliphatic carbocycles. The van der Waals surface area contributed by atoms with Gasteiger partial charge in [-0.1, -0.05) is 23.5 Å². The molecule has 1 aromatic rings. The van der Waals surface area contributed by atoms with Crippen LogP contribution in [0.2, 0.25) is 0 Å². The van der Waals surface area contributed by atoms with E-state index in [4.69, 9.17) is 10.5 Å². The van der Waals surface area contributed by atoms with E-state index in [2.05, 4.69) is 0 Å². The highest BCUT2D eigenvalue weighted by Crippen LogP contribution is 2.67. The molecule has 1 saturated carbocycles. The quantitative estimate of drug-likeness (QED) is 0.557. The SMILES string of the molecule is N#CC(C#N)=C1Sc2c(O)c3c(c(O)c2S1)C1CCC3C1. The number of nitriles is 2. The summed E-state index contributed by atoms with van der Waals surface area (Å²) < 4.78 is 0.539. The Hall–Kier alpha value is -1.76. The van der Waals surface area contributed by atoms with Gasteiger partial charge in [0.1, 0.15) is 29.2 Å². The van der Waals surface area contributed by atoms with Crippen molar-refractivity contribution in [3.63, 3.8) is 0 Å². The van der Waals surface area contributed by atoms with Crippen LogP contribution in [0.1, 0.15) is 42.2 Å². The van der Waals surface area contributed by atoms with Crippen molar-refractivity contribution in [3.05, 3.63) is 20.9 Å². The summed E-state index contributed by atoms with van der Waals surface area (Å²) in [5.41, 5.74) is 1.82. The molecule has 4 rings (SSSR count). The van der Waals surface area contributed by atoms with E-state index in [0.29, 0.717) is 25.9 Å². The standard InChI is InChI=1S/C15H10N2O2S2/c16-4-8(5-17)15-20-13-11(18)9-6-1-2-7(3-6)10(9)12(19)14(13)21-15/h6-7,18-19H,1-3H2. The van der Waals surface area contributed by atoms with Crippen LogP contribution in [-0.2, 0) is 0 Å². The normalized spacial score (nSPS) is 24.4. The maximum absolute atomic E-state index is 10.6. The molecule has 1 aromatic carbocycles. The predicted octanol–water partition coefficient (Wildman–Crippen LogP) is 3.92. The summed E-state index contributed by atoms with van der Waals surface area (Å²) in [5.74, 6) is 1.16. The number of hydrogen-bond donors (Lipinski definition) is 2. The summed E-state index contributed by atoms with van der Waals surface area (Å²) in [5, 5.41) is 39.1. The summed E-state index contributed by atoms with van der Waals surface area (Å²) in [6.07, 6.45) is 3.14. The Morgan fingerprint density at radius 3 is 1.86 bits per heavy atom. The second-order valence-electron chi connectivity index (χ2n) is 5.48. The van der Waals surface area contributed by atoms with E-state index in [-0.39, 0.29) is 17.1 Å². The third-order valence-electron chi connectivity index (χ3n) is 4.50. The maximum Gasteiger partial charge on any atom is 0.150 e. The molecule has 0 saturated heterocycles. The molecule has 0 amide bonds. The van der Waals surface area contributed by atoms with Gasteiger partial charge < -0.3 is 10.2 Å². The largest absolute Gasteiger partial charge is 0.506 e. The van der Waals surface area contributed by atoms with E-state index < -0.39 is 0 Å². The second kappa shape index (κ2) is 4.37. The molecule has 0 radical (unpaired) electrons. The molecule has 1 aliphatic heterocycles. The van der Waals surface area contributed by atoms with Crippen molar-refractivity contribution < 1.29 is 10.2 Å². The Bertz CT molecular complexity index is 739. The minimum Gasteiger partial charge on any atom is -0.506 e. The van der Waals surface area contributed by atoms with Crippen LogP contribution in [-0.4, -0.2) is 10.2 Å². The molecule has 2 N–H and O–H groups in total. The summed E-state index contributed by atoms with van der Waals surface area (Å²) in [4.78, 5) is 1.20. The molecule has 1 heterocycles. The number of hydrogen-bond acceptors (Lipinski definition) is 6. The summed E-state index contributed by atoms with van der Waals surface area (Å²) >= 11 is 2.43. The fourth-order valence-corrected chi connectivity index (χ4v) is 6.13. The Labute approximate surface area is 130 Å². The lowest BCUT2D eigenvalue weighted by molar-refractivity contribution is 0.419. The van der Waals surface area contributed by atoms with Crippen LogP contribution >= 0.6 is 23.5 Å². The summed E-state index contributed by atoms with van der Waals surface area (Å²) in [6, 6.07) is 3.74. The first-order valence-electron chi connectivity index (χ1n) is 6.67. The lowest BCUT2D eigenvalue weighted by Crippen LogP contribution is -2.00. The van der Waals surface area contributed by atoms with Gasteiger partial charge in [0.05, 0.1) is 14.0 Å². The van der Waals surface area contributed by atoms with Crippen LogP contribution in [0, 0.1) is 22.7 Å². The van der Waals surface area contributed by atoms with Crippen LogP contribution in [0.5, 0.6) is 11.5 Å². The smallest absolute Gasteiger partial charge is 0.150 e. The number of phenolic OH excluding ortho intramolecular Hbond substituents is 2. The lowest BCUT2D eigenvalue weighted by atomic mass is 9.90. The number of allylic oxidation sites excluding steroid dienone is 1. The number of nitrogens with zero attached hydrogens (tertiary/aromatic N) is 2. The van der Waals surface area contributed by atoms with Gasteiger partial charge in [-0.05, 0) is 31.1 Å². The van der Waals surface area contributed by atoms with E-state index in [0.717, 1.165) is 30.4 Å². The van der Waals surface area contributed by atoms with Gasteiger partial charge >= 0.3 is 0 Å². The molecule has 0 spiro atoms. The Morgan fingerprint density at radius 1 is 0.952 bits per heavy atom. The molecule has 1 fully saturated rings. The number of fused-ring (bicyclic) bond motifs is 6. The predicted molar refractivity (Wildman–Crippen MR) is 79.1 cm³/mol. The van der Waals surface area contributed by atoms with E-state index in [1.807, 2.05) is 12.1 Å². The first-order chi connectivity index (χ1) is 10.2. The third-order valence-corrected chi connectivity index (χ3v) is 7.11. The monoisotopic (exact) mass is 314 g/mol. The highest BCUT2D eigenvalue weighted by Gasteiger charge is 2.44. The van der Waals surface area contributed by atoms with Crippen LogP contribution in [0.15, 0.2) is 19.6 Å². The molecule has 3 aliphatic rings. The van der Waals surface area contributed by atoms with Crippen molar-refractivity contribution in [1.82, 2.24) is 0 Å². The number of aromatic hydroxyl groups is 2. The number of benzene rings is 1. The fraction of sp³-hybridized carbons (Fsp3) is 0.333. The Morgan fingerprint density at radius 2 is 1.43 bits per heavy atom. The fourth-order valence-electron chi connectivity index (χ4n) is 3.66. The molecule has 2 bridgehead atoms. The van der Waals surface area contributed by atoms with Crippen molar-refractivity contribution in [2.45, 2.75) is 40.9 Å². The highest BCUT2D eigenvalue weighted by molar-refractivity contribution is 8.24. The van der Waals surface area contributed by atoms with E-state index in [9.17, 15) is 10.2 Å². The third kappa shape index (κ3) is 1.58. The topological polar surface area (TPSA) is 88.0 Å². The molecule has 4 nitrogen and oxygen atoms in total. The van der Waals surface area contributed by atoms with Crippen molar-refractivity contribution in [2.24, 2.45) is 0 Å². The van der Waals surface area contributed by atoms with Crippen molar-refractivity contribution in [2.75, 3.05) is 0 Å². The van der Waals surface area contributed by atoms with Gasteiger partial charge in [-0.2, -0.15) is 10.5 Å². The van der Waals surface area contributed by atoms with Gasteiger partial charge in [0.2, 0.25) is 0 Å². The summed E-state index contributed by atoms with van der Waals surface area (Å²) in [6.45, 7) is 0. The highest BCUT2D eigenvalue weighted by atomic mass is 32.2. The van der Waals surface area contributed by atoms with Gasteiger partial charge in [0.15, 0.2) is 0 Å². The van der Waals surface area contributed by atoms with Crippen LogP contribution in [0.3, 0.4) is 0 Å². The molecule has 0 aromatic heterocycles. The lowest BCUT2D eigenvalue weighted by Gasteiger charge is -2.20. The zero-order chi connectivity index (χ0) is 14.7. The molecule has 6 heteroatoms. The van der Waals surface area contributed by atoms with Gasteiger partial charge in [-0.25, -0.2) is 0 Å². The van der Waals surface area contributed by atoms with Crippen LogP contribution < -0.4 is 0 Å². The minimum atomic E-state index is 0.0307. The Kier molecular flexibility index (Phi) is 2.69. The second-order valence-corrected chi connectivity index (χ2v) is 7.78. The molecular formula is C15H10N2O2S2. The zero-order valence-corrected chi connectivity index (χ0v) is 12.5. The van der Waals surface area contributed by atoms with Gasteiger partial charge in [-0.15, -0.1) is 0 Å². The average Bonchev–Trinajstić information content (AvgIpc) is 3.19. The molecule has 21 heavy (non-hydrogen) atoms. The Balaban J connectivity index is 1.93. The number of thioether (sulfide) groups is 2. The molecular weight excluding hydrogens is 304 g/mol. The van der Waals surface area contributed by atoms with Crippen LogP contribution in [0.4, 0.5) is 0 Å². The summed E-state index contributed by atoms with van der Waals surface area (Å²) in [7, 11) is 0. The van der Waals surface area contributed by atoms with Crippen molar-refractivity contribution in [3.8, 4) is 23.6 Å². The van der Waals surface area contributed by atoms with E-state index >= 15 is 0 Å². The van der Waals surface area contributed by atoms with Gasteiger partial charge in [-0.3, -0.25) is 0 Å². The van der Waals surface area contributed by atoms with Crippen molar-refractivity contribution in [1.29, 1.82) is 10.5 Å². The van der Waals surface area contributed by atoms with E-state index in [1.54, 1.807) is 0 Å². The van der Waals surface area contributed by atoms with Gasteiger partial charge in [0, 0.05) is 11.1 Å². The zero-order valence-electron chi connectivity index (χ0n) is 10.9. The molecule has 2 atom stereocenters. The molecule has 104 valence electrons. The minimum absolute atomic E-state index is 0.0307. The molecule has 2 unspecified atom stereocenters. The number of rotatable bonds is 0. The average molecular weight is 314 g/mol. The maximum atomic E-state index is 10.6.